The molecule has 228 valence electrons. The highest BCUT2D eigenvalue weighted by molar-refractivity contribution is 7.92. The minimum absolute atomic E-state index is 0.00727. The Morgan fingerprint density at radius 3 is 2.31 bits per heavy atom. The lowest BCUT2D eigenvalue weighted by Crippen LogP contribution is -2.54. The Hall–Kier alpha value is -3.02. The zero-order valence-corrected chi connectivity index (χ0v) is 23.9. The summed E-state index contributed by atoms with van der Waals surface area (Å²) in [4.78, 5) is 26.9. The summed E-state index contributed by atoms with van der Waals surface area (Å²) >= 11 is 0. The van der Waals surface area contributed by atoms with Gasteiger partial charge in [-0.15, -0.1) is 0 Å². The number of carboxylic acids is 1. The third kappa shape index (κ3) is 4.51. The van der Waals surface area contributed by atoms with Gasteiger partial charge < -0.3 is 10.0 Å². The number of halogens is 5. The molecule has 1 saturated heterocycles. The van der Waals surface area contributed by atoms with Crippen molar-refractivity contribution in [3.63, 3.8) is 0 Å². The van der Waals surface area contributed by atoms with Crippen molar-refractivity contribution >= 4 is 21.7 Å². The molecule has 1 aliphatic heterocycles. The van der Waals surface area contributed by atoms with E-state index in [2.05, 4.69) is 0 Å². The van der Waals surface area contributed by atoms with Crippen LogP contribution in [0.5, 0.6) is 0 Å². The molecule has 2 aromatic carbocycles. The molecule has 2 aromatic rings. The summed E-state index contributed by atoms with van der Waals surface area (Å²) in [5.41, 5.74) is -5.18. The summed E-state index contributed by atoms with van der Waals surface area (Å²) in [7, 11) is -4.35. The molecule has 6 atom stereocenters. The van der Waals surface area contributed by atoms with Crippen molar-refractivity contribution < 1.29 is 45.1 Å². The van der Waals surface area contributed by atoms with E-state index in [-0.39, 0.29) is 60.6 Å². The van der Waals surface area contributed by atoms with E-state index in [0.29, 0.717) is 19.3 Å². The SMILES string of the molecule is C[C@H]1C[C@H](C(=O)O)CC[C@H]1C(=O)N1CC[C@@]2(S(=O)(=O)c3ccccc3)c3cc(F)c(C(C)(F)C(F)(F)F)cc3CC[C@@H]12. The maximum Gasteiger partial charge on any atom is 0.426 e. The Morgan fingerprint density at radius 2 is 1.71 bits per heavy atom. The number of hydrogen-bond acceptors (Lipinski definition) is 4. The van der Waals surface area contributed by atoms with Crippen LogP contribution in [0.4, 0.5) is 22.0 Å². The lowest BCUT2D eigenvalue weighted by molar-refractivity contribution is -0.229. The third-order valence-electron chi connectivity index (χ3n) is 9.66. The van der Waals surface area contributed by atoms with E-state index in [1.807, 2.05) is 0 Å². The van der Waals surface area contributed by atoms with E-state index >= 15 is 4.39 Å². The van der Waals surface area contributed by atoms with E-state index in [0.717, 1.165) is 12.1 Å². The lowest BCUT2D eigenvalue weighted by atomic mass is 9.73. The fraction of sp³-hybridized carbons (Fsp3) is 0.533. The zero-order chi connectivity index (χ0) is 30.8. The molecular formula is C30H32F5NO5S. The van der Waals surface area contributed by atoms with Crippen LogP contribution in [-0.4, -0.2) is 49.1 Å². The van der Waals surface area contributed by atoms with Gasteiger partial charge in [-0.3, -0.25) is 9.59 Å². The van der Waals surface area contributed by atoms with Crippen molar-refractivity contribution in [2.24, 2.45) is 17.8 Å². The van der Waals surface area contributed by atoms with Crippen LogP contribution in [0.25, 0.3) is 0 Å². The molecule has 2 aliphatic carbocycles. The Balaban J connectivity index is 1.62. The van der Waals surface area contributed by atoms with Gasteiger partial charge in [0.25, 0.3) is 0 Å². The van der Waals surface area contributed by atoms with Crippen molar-refractivity contribution in [2.45, 2.75) is 79.9 Å². The molecular weight excluding hydrogens is 581 g/mol. The van der Waals surface area contributed by atoms with Gasteiger partial charge in [-0.05, 0) is 86.8 Å². The molecule has 0 aromatic heterocycles. The van der Waals surface area contributed by atoms with Crippen LogP contribution >= 0.6 is 0 Å². The number of benzene rings is 2. The Bertz CT molecular complexity index is 1510. The molecule has 3 aliphatic rings. The highest BCUT2D eigenvalue weighted by Gasteiger charge is 2.62. The van der Waals surface area contributed by atoms with Gasteiger partial charge in [-0.1, -0.05) is 25.1 Å². The summed E-state index contributed by atoms with van der Waals surface area (Å²) in [5.74, 6) is -4.12. The Kier molecular flexibility index (Phi) is 7.47. The molecule has 12 heteroatoms. The van der Waals surface area contributed by atoms with Gasteiger partial charge in [-0.25, -0.2) is 17.2 Å². The van der Waals surface area contributed by atoms with Gasteiger partial charge in [0.15, 0.2) is 9.84 Å². The first-order valence-corrected chi connectivity index (χ1v) is 15.4. The summed E-state index contributed by atoms with van der Waals surface area (Å²) in [6.07, 6.45) is -4.53. The first kappa shape index (κ1) is 30.4. The third-order valence-corrected chi connectivity index (χ3v) is 12.2. The van der Waals surface area contributed by atoms with Crippen molar-refractivity contribution in [1.29, 1.82) is 0 Å². The summed E-state index contributed by atoms with van der Waals surface area (Å²) in [5, 5.41) is 9.43. The van der Waals surface area contributed by atoms with Crippen LogP contribution in [0.3, 0.4) is 0 Å². The van der Waals surface area contributed by atoms with Gasteiger partial charge in [0.2, 0.25) is 11.6 Å². The molecule has 1 unspecified atom stereocenters. The van der Waals surface area contributed by atoms with Gasteiger partial charge in [0.05, 0.1) is 16.9 Å². The first-order valence-electron chi connectivity index (χ1n) is 14.0. The van der Waals surface area contributed by atoms with Gasteiger partial charge in [0, 0.05) is 18.0 Å². The normalized spacial score (nSPS) is 29.4. The van der Waals surface area contributed by atoms with Crippen molar-refractivity contribution in [3.05, 3.63) is 65.0 Å². The number of aryl methyl sites for hydroxylation is 1. The van der Waals surface area contributed by atoms with Crippen LogP contribution < -0.4 is 0 Å². The standard InChI is InChI=1S/C30H32F5NO5S/c1-17-14-19(27(38)39)8-10-21(17)26(37)36-13-12-29(42(40,41)20-6-4-3-5-7-20)22-16-24(31)23(28(2,32)30(33,34)35)15-18(22)9-11-25(29)36/h3-7,15-17,19,21,25H,8-14H2,1-2H3,(H,38,39)/t17-,19+,21+,25+,28?,29+/m0/s1. The number of carbonyl (C=O) groups is 2. The quantitative estimate of drug-likeness (QED) is 0.423. The fourth-order valence-electron chi connectivity index (χ4n) is 7.32. The summed E-state index contributed by atoms with van der Waals surface area (Å²) in [6, 6.07) is 7.97. The monoisotopic (exact) mass is 613 g/mol. The topological polar surface area (TPSA) is 91.8 Å². The molecule has 1 amide bonds. The minimum Gasteiger partial charge on any atom is -0.481 e. The molecule has 1 heterocycles. The first-order chi connectivity index (χ1) is 19.5. The van der Waals surface area contributed by atoms with Gasteiger partial charge in [0.1, 0.15) is 10.6 Å². The van der Waals surface area contributed by atoms with Crippen molar-refractivity contribution in [1.82, 2.24) is 4.90 Å². The Morgan fingerprint density at radius 1 is 1.05 bits per heavy atom. The Labute approximate surface area is 240 Å². The van der Waals surface area contributed by atoms with E-state index < -0.39 is 61.7 Å². The van der Waals surface area contributed by atoms with Crippen molar-refractivity contribution in [2.75, 3.05) is 6.54 Å². The molecule has 1 saturated carbocycles. The summed E-state index contributed by atoms with van der Waals surface area (Å²) in [6.45, 7) is 2.03. The number of rotatable bonds is 5. The molecule has 0 spiro atoms. The van der Waals surface area contributed by atoms with Crippen LogP contribution in [-0.2, 0) is 36.3 Å². The smallest absolute Gasteiger partial charge is 0.426 e. The second-order valence-electron chi connectivity index (χ2n) is 12.0. The maximum absolute atomic E-state index is 15.5. The molecule has 5 rings (SSSR count). The minimum atomic E-state index is -5.40. The molecule has 0 bridgehead atoms. The predicted octanol–water partition coefficient (Wildman–Crippen LogP) is 5.93. The second kappa shape index (κ2) is 10.3. The highest BCUT2D eigenvalue weighted by Crippen LogP contribution is 2.55. The predicted molar refractivity (Wildman–Crippen MR) is 142 cm³/mol. The van der Waals surface area contributed by atoms with Crippen molar-refractivity contribution in [3.8, 4) is 0 Å². The highest BCUT2D eigenvalue weighted by atomic mass is 32.2. The number of fused-ring (bicyclic) bond motifs is 3. The largest absolute Gasteiger partial charge is 0.481 e. The van der Waals surface area contributed by atoms with Crippen LogP contribution in [0.1, 0.15) is 62.6 Å². The number of hydrogen-bond donors (Lipinski definition) is 1. The van der Waals surface area contributed by atoms with Crippen LogP contribution in [0, 0.1) is 23.6 Å². The number of sulfone groups is 1. The van der Waals surface area contributed by atoms with E-state index in [4.69, 9.17) is 0 Å². The second-order valence-corrected chi connectivity index (χ2v) is 14.2. The molecule has 6 nitrogen and oxygen atoms in total. The van der Waals surface area contributed by atoms with E-state index in [1.165, 1.54) is 29.2 Å². The average molecular weight is 614 g/mol. The molecule has 1 N–H and O–H groups in total. The molecule has 0 radical (unpaired) electrons. The lowest BCUT2D eigenvalue weighted by Gasteiger charge is -2.44. The van der Waals surface area contributed by atoms with Crippen LogP contribution in [0.15, 0.2) is 47.4 Å². The number of nitrogens with zero attached hydrogens (tertiary/aromatic N) is 1. The van der Waals surface area contributed by atoms with Gasteiger partial charge >= 0.3 is 12.1 Å². The summed E-state index contributed by atoms with van der Waals surface area (Å²) < 4.78 is 98.0. The number of aliphatic carboxylic acids is 1. The van der Waals surface area contributed by atoms with Gasteiger partial charge in [-0.2, -0.15) is 13.2 Å². The number of amides is 1. The average Bonchev–Trinajstić information content (AvgIpc) is 3.34. The number of carboxylic acid groups (broad SMARTS) is 1. The number of carbonyl (C=O) groups excluding carboxylic acids is 1. The fourth-order valence-corrected chi connectivity index (χ4v) is 9.70. The van der Waals surface area contributed by atoms with Crippen LogP contribution in [0.2, 0.25) is 0 Å². The number of likely N-dealkylation sites (tertiary alicyclic amines) is 1. The van der Waals surface area contributed by atoms with E-state index in [9.17, 15) is 40.7 Å². The zero-order valence-electron chi connectivity index (χ0n) is 23.1. The molecule has 2 fully saturated rings. The van der Waals surface area contributed by atoms with E-state index in [1.54, 1.807) is 13.0 Å². The molecule has 42 heavy (non-hydrogen) atoms. The number of alkyl halides is 4. The maximum atomic E-state index is 15.5.